The van der Waals surface area contributed by atoms with Crippen molar-refractivity contribution in [1.29, 1.82) is 0 Å². The van der Waals surface area contributed by atoms with Gasteiger partial charge in [0.1, 0.15) is 12.4 Å². The molecule has 2 aromatic carbocycles. The highest BCUT2D eigenvalue weighted by Gasteiger charge is 2.23. The lowest BCUT2D eigenvalue weighted by Gasteiger charge is -2.17. The maximum atomic E-state index is 13.2. The van der Waals surface area contributed by atoms with E-state index in [9.17, 15) is 19.5 Å². The number of rotatable bonds is 11. The van der Waals surface area contributed by atoms with E-state index < -0.39 is 23.8 Å². The topological polar surface area (TPSA) is 177 Å². The second-order valence-corrected chi connectivity index (χ2v) is 9.09. The molecule has 0 spiro atoms. The van der Waals surface area contributed by atoms with Crippen LogP contribution in [0, 0.1) is 6.92 Å². The average molecular weight is 565 g/mol. The van der Waals surface area contributed by atoms with Crippen molar-refractivity contribution in [3.05, 3.63) is 88.5 Å². The summed E-state index contributed by atoms with van der Waals surface area (Å²) in [6, 6.07) is 11.4. The molecule has 0 saturated carbocycles. The van der Waals surface area contributed by atoms with E-state index in [1.807, 2.05) is 6.92 Å². The van der Waals surface area contributed by atoms with E-state index in [2.05, 4.69) is 31.3 Å². The van der Waals surface area contributed by atoms with Gasteiger partial charge in [0.05, 0.1) is 30.1 Å². The number of aliphatic hydroxyl groups excluding tert-OH is 1. The first-order chi connectivity index (χ1) is 19.2. The minimum atomic E-state index is -1.09. The van der Waals surface area contributed by atoms with E-state index in [4.69, 9.17) is 16.7 Å². The molecule has 0 bridgehead atoms. The largest absolute Gasteiger partial charge is 0.478 e. The zero-order valence-electron chi connectivity index (χ0n) is 21.2. The molecular formula is C26H25ClN8O5. The summed E-state index contributed by atoms with van der Waals surface area (Å²) < 4.78 is 3.03. The lowest BCUT2D eigenvalue weighted by molar-refractivity contribution is -0.123. The van der Waals surface area contributed by atoms with Crippen LogP contribution in [-0.2, 0) is 22.6 Å². The first kappa shape index (κ1) is 28.1. The predicted molar refractivity (Wildman–Crippen MR) is 145 cm³/mol. The number of halogens is 1. The van der Waals surface area contributed by atoms with E-state index in [-0.39, 0.29) is 25.1 Å². The Labute approximate surface area is 233 Å². The molecule has 2 aromatic heterocycles. The molecule has 0 fully saturated rings. The Hall–Kier alpha value is -4.88. The summed E-state index contributed by atoms with van der Waals surface area (Å²) in [7, 11) is 0. The summed E-state index contributed by atoms with van der Waals surface area (Å²) in [5.74, 6) is -2.18. The molecule has 0 aliphatic heterocycles. The SMILES string of the molecule is Cc1cc(CC(NC(=O)/C=C/c2cc(Cl)ccc2-n2cnnn2)C(=O)Nc2ccc(C(=O)O)cc2)nn1CCO. The van der Waals surface area contributed by atoms with Crippen LogP contribution in [-0.4, -0.2) is 70.6 Å². The number of nitrogens with one attached hydrogen (secondary N) is 2. The minimum Gasteiger partial charge on any atom is -0.478 e. The molecule has 0 saturated heterocycles. The predicted octanol–water partition coefficient (Wildman–Crippen LogP) is 1.89. The van der Waals surface area contributed by atoms with Crippen LogP contribution in [0.4, 0.5) is 5.69 Å². The van der Waals surface area contributed by atoms with E-state index >= 15 is 0 Å². The number of benzene rings is 2. The maximum Gasteiger partial charge on any atom is 0.335 e. The van der Waals surface area contributed by atoms with Gasteiger partial charge < -0.3 is 20.8 Å². The molecule has 4 aromatic rings. The van der Waals surface area contributed by atoms with E-state index in [1.165, 1.54) is 47.4 Å². The molecule has 0 radical (unpaired) electrons. The molecule has 2 amide bonds. The highest BCUT2D eigenvalue weighted by molar-refractivity contribution is 6.30. The number of aryl methyl sites for hydroxylation is 1. The Kier molecular flexibility index (Phi) is 8.99. The van der Waals surface area contributed by atoms with Crippen LogP contribution < -0.4 is 10.6 Å². The van der Waals surface area contributed by atoms with Crippen molar-refractivity contribution in [3.63, 3.8) is 0 Å². The summed E-state index contributed by atoms with van der Waals surface area (Å²) in [6.07, 6.45) is 4.25. The van der Waals surface area contributed by atoms with Gasteiger partial charge in [0.25, 0.3) is 0 Å². The van der Waals surface area contributed by atoms with Crippen molar-refractivity contribution in [2.45, 2.75) is 25.9 Å². The normalized spacial score (nSPS) is 11.9. The third-order valence-electron chi connectivity index (χ3n) is 5.79. The van der Waals surface area contributed by atoms with Crippen LogP contribution in [0.2, 0.25) is 5.02 Å². The number of carbonyl (C=O) groups is 3. The Bertz CT molecular complexity index is 1530. The smallest absolute Gasteiger partial charge is 0.335 e. The van der Waals surface area contributed by atoms with Gasteiger partial charge in [-0.1, -0.05) is 11.6 Å². The third-order valence-corrected chi connectivity index (χ3v) is 6.02. The standard InChI is InChI=1S/C26H25ClN8O5/c1-16-12-21(31-34(16)10-11-36)14-22(25(38)29-20-6-2-17(3-7-20)26(39)40)30-24(37)9-4-18-13-19(27)5-8-23(18)35-15-28-32-33-35/h2-9,12-13,15,22,36H,10-11,14H2,1H3,(H,29,38)(H,30,37)(H,39,40)/b9-4+. The number of tetrazole rings is 1. The van der Waals surface area contributed by atoms with Crippen molar-refractivity contribution >= 4 is 41.1 Å². The molecular weight excluding hydrogens is 540 g/mol. The van der Waals surface area contributed by atoms with Gasteiger partial charge in [0, 0.05) is 34.5 Å². The maximum absolute atomic E-state index is 13.2. The van der Waals surface area contributed by atoms with Crippen LogP contribution in [0.3, 0.4) is 0 Å². The first-order valence-electron chi connectivity index (χ1n) is 12.0. The lowest BCUT2D eigenvalue weighted by atomic mass is 10.1. The monoisotopic (exact) mass is 564 g/mol. The minimum absolute atomic E-state index is 0.0604. The quantitative estimate of drug-likeness (QED) is 0.198. The number of carboxylic acids is 1. The molecule has 0 aliphatic carbocycles. The van der Waals surface area contributed by atoms with Gasteiger partial charge in [-0.3, -0.25) is 14.3 Å². The summed E-state index contributed by atoms with van der Waals surface area (Å²) in [4.78, 5) is 37.3. The molecule has 1 unspecified atom stereocenters. The highest BCUT2D eigenvalue weighted by atomic mass is 35.5. The van der Waals surface area contributed by atoms with E-state index in [1.54, 1.807) is 28.9 Å². The molecule has 13 nitrogen and oxygen atoms in total. The molecule has 1 atom stereocenters. The van der Waals surface area contributed by atoms with Crippen molar-refractivity contribution < 1.29 is 24.6 Å². The Morgan fingerprint density at radius 3 is 2.58 bits per heavy atom. The molecule has 40 heavy (non-hydrogen) atoms. The van der Waals surface area contributed by atoms with Crippen molar-refractivity contribution in [3.8, 4) is 5.69 Å². The number of hydrogen-bond donors (Lipinski definition) is 4. The van der Waals surface area contributed by atoms with Crippen LogP contribution in [0.25, 0.3) is 11.8 Å². The van der Waals surface area contributed by atoms with Gasteiger partial charge >= 0.3 is 5.97 Å². The fourth-order valence-corrected chi connectivity index (χ4v) is 4.05. The molecule has 4 rings (SSSR count). The summed E-state index contributed by atoms with van der Waals surface area (Å²) in [5.41, 5.74) is 2.90. The second-order valence-electron chi connectivity index (χ2n) is 8.65. The number of nitrogens with zero attached hydrogens (tertiary/aromatic N) is 6. The molecule has 206 valence electrons. The number of anilines is 1. The van der Waals surface area contributed by atoms with Gasteiger partial charge in [-0.25, -0.2) is 4.79 Å². The first-order valence-corrected chi connectivity index (χ1v) is 12.4. The average Bonchev–Trinajstić information content (AvgIpc) is 3.58. The Balaban J connectivity index is 1.54. The number of hydrogen-bond acceptors (Lipinski definition) is 8. The fourth-order valence-electron chi connectivity index (χ4n) is 3.87. The van der Waals surface area contributed by atoms with Crippen LogP contribution in [0.15, 0.2) is 60.9 Å². The molecule has 2 heterocycles. The number of aromatic nitrogens is 6. The highest BCUT2D eigenvalue weighted by Crippen LogP contribution is 2.20. The second kappa shape index (κ2) is 12.8. The third kappa shape index (κ3) is 7.15. The zero-order valence-corrected chi connectivity index (χ0v) is 22.0. The van der Waals surface area contributed by atoms with Crippen molar-refractivity contribution in [1.82, 2.24) is 35.3 Å². The summed E-state index contributed by atoms with van der Waals surface area (Å²) >= 11 is 6.15. The van der Waals surface area contributed by atoms with Gasteiger partial charge in [0.15, 0.2) is 0 Å². The van der Waals surface area contributed by atoms with Crippen LogP contribution >= 0.6 is 11.6 Å². The lowest BCUT2D eigenvalue weighted by Crippen LogP contribution is -2.44. The molecule has 4 N–H and O–H groups in total. The van der Waals surface area contributed by atoms with Crippen molar-refractivity contribution in [2.75, 3.05) is 11.9 Å². The number of carbonyl (C=O) groups excluding carboxylic acids is 2. The Morgan fingerprint density at radius 2 is 1.90 bits per heavy atom. The van der Waals surface area contributed by atoms with Gasteiger partial charge in [-0.05, 0) is 72.0 Å². The van der Waals surface area contributed by atoms with Crippen LogP contribution in [0.5, 0.6) is 0 Å². The van der Waals surface area contributed by atoms with E-state index in [0.29, 0.717) is 27.7 Å². The van der Waals surface area contributed by atoms with Gasteiger partial charge in [-0.15, -0.1) is 5.10 Å². The fraction of sp³-hybridized carbons (Fsp3) is 0.192. The Morgan fingerprint density at radius 1 is 1.12 bits per heavy atom. The molecule has 0 aliphatic rings. The number of amides is 2. The summed E-state index contributed by atoms with van der Waals surface area (Å²) in [6.45, 7) is 2.01. The number of aliphatic hydroxyl groups is 1. The molecule has 14 heteroatoms. The van der Waals surface area contributed by atoms with Crippen molar-refractivity contribution in [2.24, 2.45) is 0 Å². The van der Waals surface area contributed by atoms with Crippen LogP contribution in [0.1, 0.15) is 27.3 Å². The number of aromatic carboxylic acids is 1. The number of carboxylic acid groups (broad SMARTS) is 1. The van der Waals surface area contributed by atoms with E-state index in [0.717, 1.165) is 5.69 Å². The van der Waals surface area contributed by atoms with Gasteiger partial charge in [0.2, 0.25) is 11.8 Å². The van der Waals surface area contributed by atoms with Gasteiger partial charge in [-0.2, -0.15) is 9.78 Å². The zero-order chi connectivity index (χ0) is 28.6. The summed E-state index contributed by atoms with van der Waals surface area (Å²) in [5, 5.41) is 39.7.